The average Bonchev–Trinajstić information content (AvgIpc) is 3.30. The minimum absolute atomic E-state index is 0.0630. The Bertz CT molecular complexity index is 1170. The molecule has 28 heavy (non-hydrogen) atoms. The van der Waals surface area contributed by atoms with E-state index in [1.165, 1.54) is 10.2 Å². The van der Waals surface area contributed by atoms with E-state index in [2.05, 4.69) is 22.5 Å². The number of fused-ring (bicyclic) bond motifs is 3. The molecule has 0 atom stereocenters. The Morgan fingerprint density at radius 3 is 2.82 bits per heavy atom. The maximum absolute atomic E-state index is 12.8. The number of aromatic nitrogens is 3. The van der Waals surface area contributed by atoms with E-state index in [1.54, 1.807) is 11.3 Å². The predicted molar refractivity (Wildman–Crippen MR) is 112 cm³/mol. The predicted octanol–water partition coefficient (Wildman–Crippen LogP) is 3.02. The Kier molecular flexibility index (Phi) is 5.25. The zero-order valence-electron chi connectivity index (χ0n) is 15.7. The lowest BCUT2D eigenvalue weighted by Gasteiger charge is -2.10. The molecule has 6 nitrogen and oxygen atoms in total. The number of amides is 1. The van der Waals surface area contributed by atoms with Crippen LogP contribution in [0.15, 0.2) is 52.6 Å². The molecule has 3 aromatic heterocycles. The highest BCUT2D eigenvalue weighted by Crippen LogP contribution is 2.24. The number of nitrogens with zero attached hydrogens (tertiary/aromatic N) is 3. The normalized spacial score (nSPS) is 11.3. The summed E-state index contributed by atoms with van der Waals surface area (Å²) in [6, 6.07) is 14.0. The minimum Gasteiger partial charge on any atom is -0.354 e. The Labute approximate surface area is 166 Å². The van der Waals surface area contributed by atoms with Gasteiger partial charge in [0, 0.05) is 18.4 Å². The first-order valence-electron chi connectivity index (χ1n) is 9.46. The number of carbonyl (C=O) groups excluding carboxylic acids is 1. The lowest BCUT2D eigenvalue weighted by Crippen LogP contribution is -2.35. The van der Waals surface area contributed by atoms with E-state index >= 15 is 0 Å². The third-order valence-electron chi connectivity index (χ3n) is 4.78. The Morgan fingerprint density at radius 2 is 2.04 bits per heavy atom. The summed E-state index contributed by atoms with van der Waals surface area (Å²) in [5.74, 6) is 0.589. The van der Waals surface area contributed by atoms with E-state index < -0.39 is 0 Å². The van der Waals surface area contributed by atoms with E-state index in [-0.39, 0.29) is 18.0 Å². The van der Waals surface area contributed by atoms with E-state index in [4.69, 9.17) is 0 Å². The fourth-order valence-electron chi connectivity index (χ4n) is 3.39. The second-order valence-corrected chi connectivity index (χ2v) is 7.61. The standard InChI is InChI=1S/C21H22N4O2S/c1-2-18-23-24(20(27)17-13-16-10-12-28-21(16)25(17)18)14-19(26)22-11-6-9-15-7-4-3-5-8-15/h3-5,7-8,10,12-13H,2,6,9,11,14H2,1H3,(H,22,26). The van der Waals surface area contributed by atoms with Crippen molar-refractivity contribution in [2.45, 2.75) is 32.7 Å². The molecular formula is C21H22N4O2S. The zero-order valence-corrected chi connectivity index (χ0v) is 16.5. The lowest BCUT2D eigenvalue weighted by molar-refractivity contribution is -0.121. The maximum Gasteiger partial charge on any atom is 0.291 e. The second-order valence-electron chi connectivity index (χ2n) is 6.72. The molecule has 0 bridgehead atoms. The summed E-state index contributed by atoms with van der Waals surface area (Å²) in [5, 5.41) is 10.4. The fourth-order valence-corrected chi connectivity index (χ4v) is 4.31. The topological polar surface area (TPSA) is 68.4 Å². The van der Waals surface area contributed by atoms with Crippen LogP contribution in [0.4, 0.5) is 0 Å². The molecule has 4 aromatic rings. The van der Waals surface area contributed by atoms with Gasteiger partial charge in [-0.05, 0) is 35.9 Å². The molecule has 1 aromatic carbocycles. The molecule has 0 saturated carbocycles. The second kappa shape index (κ2) is 7.98. The van der Waals surface area contributed by atoms with Crippen molar-refractivity contribution in [3.8, 4) is 0 Å². The largest absolute Gasteiger partial charge is 0.354 e. The van der Waals surface area contributed by atoms with Gasteiger partial charge in [-0.3, -0.25) is 14.0 Å². The number of carbonyl (C=O) groups is 1. The highest BCUT2D eigenvalue weighted by Gasteiger charge is 2.15. The van der Waals surface area contributed by atoms with Crippen molar-refractivity contribution in [3.63, 3.8) is 0 Å². The first kappa shape index (κ1) is 18.4. The van der Waals surface area contributed by atoms with Gasteiger partial charge in [0.25, 0.3) is 5.56 Å². The third kappa shape index (κ3) is 3.57. The van der Waals surface area contributed by atoms with Crippen LogP contribution in [-0.2, 0) is 24.2 Å². The van der Waals surface area contributed by atoms with Gasteiger partial charge >= 0.3 is 0 Å². The number of hydrogen-bond donors (Lipinski definition) is 1. The fraction of sp³-hybridized carbons (Fsp3) is 0.286. The number of aryl methyl sites for hydroxylation is 2. The Balaban J connectivity index is 1.46. The Morgan fingerprint density at radius 1 is 1.21 bits per heavy atom. The van der Waals surface area contributed by atoms with E-state index in [9.17, 15) is 9.59 Å². The van der Waals surface area contributed by atoms with Crippen LogP contribution < -0.4 is 10.9 Å². The molecule has 0 spiro atoms. The molecule has 3 heterocycles. The molecule has 1 N–H and O–H groups in total. The molecule has 0 unspecified atom stereocenters. The number of thiophene rings is 1. The molecular weight excluding hydrogens is 372 g/mol. The summed E-state index contributed by atoms with van der Waals surface area (Å²) in [6.45, 7) is 2.51. The molecule has 144 valence electrons. The van der Waals surface area contributed by atoms with Crippen LogP contribution in [0.1, 0.15) is 24.7 Å². The summed E-state index contributed by atoms with van der Waals surface area (Å²) in [7, 11) is 0. The number of hydrogen-bond acceptors (Lipinski definition) is 4. The average molecular weight is 395 g/mol. The summed E-state index contributed by atoms with van der Waals surface area (Å²) < 4.78 is 3.20. The molecule has 4 rings (SSSR count). The molecule has 0 aliphatic rings. The first-order valence-corrected chi connectivity index (χ1v) is 10.3. The lowest BCUT2D eigenvalue weighted by atomic mass is 10.1. The van der Waals surface area contributed by atoms with Crippen LogP contribution in [0.5, 0.6) is 0 Å². The van der Waals surface area contributed by atoms with Gasteiger partial charge in [-0.25, -0.2) is 4.68 Å². The quantitative estimate of drug-likeness (QED) is 0.490. The molecule has 0 radical (unpaired) electrons. The van der Waals surface area contributed by atoms with Crippen molar-refractivity contribution >= 4 is 33.0 Å². The minimum atomic E-state index is -0.236. The van der Waals surface area contributed by atoms with Crippen LogP contribution in [-0.4, -0.2) is 26.6 Å². The molecule has 7 heteroatoms. The van der Waals surface area contributed by atoms with Crippen LogP contribution in [0.3, 0.4) is 0 Å². The highest BCUT2D eigenvalue weighted by molar-refractivity contribution is 7.16. The van der Waals surface area contributed by atoms with E-state index in [0.717, 1.165) is 28.9 Å². The molecule has 0 fully saturated rings. The van der Waals surface area contributed by atoms with Crippen LogP contribution in [0, 0.1) is 0 Å². The summed E-state index contributed by atoms with van der Waals surface area (Å²) in [5.41, 5.74) is 1.59. The maximum atomic E-state index is 12.8. The van der Waals surface area contributed by atoms with Crippen LogP contribution >= 0.6 is 11.3 Å². The third-order valence-corrected chi connectivity index (χ3v) is 5.69. The van der Waals surface area contributed by atoms with Gasteiger partial charge in [0.05, 0.1) is 0 Å². The summed E-state index contributed by atoms with van der Waals surface area (Å²) >= 11 is 1.59. The SMILES string of the molecule is CCc1nn(CC(=O)NCCCc2ccccc2)c(=O)c2cc3ccsc3n12. The van der Waals surface area contributed by atoms with E-state index in [0.29, 0.717) is 18.5 Å². The van der Waals surface area contributed by atoms with Gasteiger partial charge in [0.15, 0.2) is 0 Å². The van der Waals surface area contributed by atoms with Crippen molar-refractivity contribution < 1.29 is 4.79 Å². The highest BCUT2D eigenvalue weighted by atomic mass is 32.1. The monoisotopic (exact) mass is 394 g/mol. The molecule has 0 saturated heterocycles. The van der Waals surface area contributed by atoms with Gasteiger partial charge in [-0.2, -0.15) is 5.10 Å². The molecule has 0 aliphatic heterocycles. The number of rotatable bonds is 7. The van der Waals surface area contributed by atoms with Crippen molar-refractivity contribution in [3.05, 3.63) is 69.6 Å². The molecule has 1 amide bonds. The summed E-state index contributed by atoms with van der Waals surface area (Å²) in [6.07, 6.45) is 2.44. The van der Waals surface area contributed by atoms with E-state index in [1.807, 2.05) is 47.0 Å². The van der Waals surface area contributed by atoms with Crippen molar-refractivity contribution in [2.24, 2.45) is 0 Å². The van der Waals surface area contributed by atoms with Gasteiger partial charge in [-0.1, -0.05) is 37.3 Å². The van der Waals surface area contributed by atoms with Gasteiger partial charge in [0.2, 0.25) is 5.91 Å². The molecule has 0 aliphatic carbocycles. The van der Waals surface area contributed by atoms with Crippen molar-refractivity contribution in [2.75, 3.05) is 6.54 Å². The zero-order chi connectivity index (χ0) is 19.5. The van der Waals surface area contributed by atoms with Crippen LogP contribution in [0.2, 0.25) is 0 Å². The smallest absolute Gasteiger partial charge is 0.291 e. The van der Waals surface area contributed by atoms with Gasteiger partial charge in [0.1, 0.15) is 22.7 Å². The van der Waals surface area contributed by atoms with Gasteiger partial charge in [-0.15, -0.1) is 11.3 Å². The van der Waals surface area contributed by atoms with Crippen molar-refractivity contribution in [1.29, 1.82) is 0 Å². The summed E-state index contributed by atoms with van der Waals surface area (Å²) in [4.78, 5) is 26.2. The van der Waals surface area contributed by atoms with Crippen molar-refractivity contribution in [1.82, 2.24) is 19.5 Å². The van der Waals surface area contributed by atoms with Gasteiger partial charge < -0.3 is 5.32 Å². The first-order chi connectivity index (χ1) is 13.7. The Hall–Kier alpha value is -2.93. The number of benzene rings is 1. The van der Waals surface area contributed by atoms with Crippen LogP contribution in [0.25, 0.3) is 15.7 Å². The number of nitrogens with one attached hydrogen (secondary N) is 1.